The van der Waals surface area contributed by atoms with Gasteiger partial charge in [0.1, 0.15) is 5.82 Å². The molecule has 136 valence electrons. The summed E-state index contributed by atoms with van der Waals surface area (Å²) in [4.78, 5) is 26.1. The first-order valence-electron chi connectivity index (χ1n) is 9.56. The molecule has 2 aromatic rings. The Balaban J connectivity index is 1.48. The molecular formula is C21H26N4O. The van der Waals surface area contributed by atoms with E-state index in [1.165, 1.54) is 12.0 Å². The van der Waals surface area contributed by atoms with Crippen molar-refractivity contribution in [1.82, 2.24) is 14.9 Å². The van der Waals surface area contributed by atoms with Crippen LogP contribution in [0.3, 0.4) is 0 Å². The van der Waals surface area contributed by atoms with Gasteiger partial charge in [0.05, 0.1) is 0 Å². The summed E-state index contributed by atoms with van der Waals surface area (Å²) in [5.41, 5.74) is 3.24. The lowest BCUT2D eigenvalue weighted by Crippen LogP contribution is -2.51. The fraction of sp³-hybridized carbons (Fsp3) is 0.476. The number of piperazine rings is 1. The molecule has 2 fully saturated rings. The van der Waals surface area contributed by atoms with Crippen LogP contribution in [0.15, 0.2) is 30.3 Å². The average Bonchev–Trinajstić information content (AvgIpc) is 2.60. The summed E-state index contributed by atoms with van der Waals surface area (Å²) in [5, 5.41) is 0. The minimum atomic E-state index is 0.288. The lowest BCUT2D eigenvalue weighted by atomic mass is 9.84. The predicted molar refractivity (Wildman–Crippen MR) is 103 cm³/mol. The third-order valence-corrected chi connectivity index (χ3v) is 5.52. The lowest BCUT2D eigenvalue weighted by Gasteiger charge is -2.38. The first kappa shape index (κ1) is 17.0. The molecule has 5 nitrogen and oxygen atoms in total. The number of hydrogen-bond donors (Lipinski definition) is 0. The SMILES string of the molecule is Cc1ccc(-c2nc(C)cc(N3CCN(C(=O)C4CCC4)CC3)n2)cc1. The molecular weight excluding hydrogens is 324 g/mol. The number of amides is 1. The van der Waals surface area contributed by atoms with Crippen molar-refractivity contribution in [2.75, 3.05) is 31.1 Å². The quantitative estimate of drug-likeness (QED) is 0.853. The average molecular weight is 350 g/mol. The molecule has 1 aliphatic carbocycles. The third-order valence-electron chi connectivity index (χ3n) is 5.52. The van der Waals surface area contributed by atoms with E-state index in [-0.39, 0.29) is 5.92 Å². The highest BCUT2D eigenvalue weighted by Crippen LogP contribution is 2.29. The highest BCUT2D eigenvalue weighted by molar-refractivity contribution is 5.79. The van der Waals surface area contributed by atoms with Crippen LogP contribution in [0.2, 0.25) is 0 Å². The van der Waals surface area contributed by atoms with Crippen LogP contribution >= 0.6 is 0 Å². The van der Waals surface area contributed by atoms with Crippen LogP contribution in [0, 0.1) is 19.8 Å². The van der Waals surface area contributed by atoms with Gasteiger partial charge in [0.25, 0.3) is 0 Å². The van der Waals surface area contributed by atoms with Gasteiger partial charge in [-0.1, -0.05) is 36.2 Å². The molecule has 1 aromatic heterocycles. The molecule has 2 aliphatic rings. The van der Waals surface area contributed by atoms with Gasteiger partial charge in [-0.3, -0.25) is 4.79 Å². The van der Waals surface area contributed by atoms with Crippen molar-refractivity contribution in [3.63, 3.8) is 0 Å². The number of carbonyl (C=O) groups excluding carboxylic acids is 1. The van der Waals surface area contributed by atoms with Gasteiger partial charge < -0.3 is 9.80 Å². The van der Waals surface area contributed by atoms with Crippen molar-refractivity contribution in [3.05, 3.63) is 41.6 Å². The maximum absolute atomic E-state index is 12.4. The smallest absolute Gasteiger partial charge is 0.225 e. The summed E-state index contributed by atoms with van der Waals surface area (Å²) in [5.74, 6) is 2.38. The Morgan fingerprint density at radius 1 is 1.00 bits per heavy atom. The zero-order valence-corrected chi connectivity index (χ0v) is 15.6. The molecule has 1 aliphatic heterocycles. The Morgan fingerprint density at radius 3 is 2.31 bits per heavy atom. The van der Waals surface area contributed by atoms with Gasteiger partial charge in [0, 0.05) is 49.4 Å². The fourth-order valence-electron chi connectivity index (χ4n) is 3.61. The maximum atomic E-state index is 12.4. The molecule has 1 aromatic carbocycles. The van der Waals surface area contributed by atoms with Crippen molar-refractivity contribution in [3.8, 4) is 11.4 Å². The van der Waals surface area contributed by atoms with Crippen molar-refractivity contribution in [1.29, 1.82) is 0 Å². The number of aromatic nitrogens is 2. The van der Waals surface area contributed by atoms with Crippen molar-refractivity contribution >= 4 is 11.7 Å². The van der Waals surface area contributed by atoms with E-state index in [9.17, 15) is 4.79 Å². The van der Waals surface area contributed by atoms with E-state index in [4.69, 9.17) is 4.98 Å². The van der Waals surface area contributed by atoms with E-state index >= 15 is 0 Å². The highest BCUT2D eigenvalue weighted by atomic mass is 16.2. The summed E-state index contributed by atoms with van der Waals surface area (Å²) in [6.07, 6.45) is 3.35. The molecule has 1 saturated carbocycles. The van der Waals surface area contributed by atoms with Crippen LogP contribution in [0.5, 0.6) is 0 Å². The fourth-order valence-corrected chi connectivity index (χ4v) is 3.61. The molecule has 2 heterocycles. The van der Waals surface area contributed by atoms with Gasteiger partial charge in [-0.2, -0.15) is 0 Å². The van der Waals surface area contributed by atoms with E-state index in [1.54, 1.807) is 0 Å². The number of benzene rings is 1. The van der Waals surface area contributed by atoms with Gasteiger partial charge >= 0.3 is 0 Å². The van der Waals surface area contributed by atoms with Crippen LogP contribution < -0.4 is 4.90 Å². The molecule has 26 heavy (non-hydrogen) atoms. The molecule has 0 radical (unpaired) electrons. The Labute approximate surface area is 155 Å². The van der Waals surface area contributed by atoms with Crippen molar-refractivity contribution < 1.29 is 4.79 Å². The second-order valence-electron chi connectivity index (χ2n) is 7.50. The maximum Gasteiger partial charge on any atom is 0.225 e. The third kappa shape index (κ3) is 3.43. The Hall–Kier alpha value is -2.43. The molecule has 0 atom stereocenters. The number of nitrogens with zero attached hydrogens (tertiary/aromatic N) is 4. The summed E-state index contributed by atoms with van der Waals surface area (Å²) in [6, 6.07) is 10.4. The molecule has 0 bridgehead atoms. The molecule has 0 unspecified atom stereocenters. The highest BCUT2D eigenvalue weighted by Gasteiger charge is 2.31. The Kier molecular flexibility index (Phi) is 4.62. The normalized spacial score (nSPS) is 17.9. The number of rotatable bonds is 3. The number of carbonyl (C=O) groups is 1. The second kappa shape index (κ2) is 7.06. The molecule has 5 heteroatoms. The van der Waals surface area contributed by atoms with E-state index in [0.717, 1.165) is 61.9 Å². The molecule has 1 saturated heterocycles. The molecule has 0 N–H and O–H groups in total. The summed E-state index contributed by atoms with van der Waals surface area (Å²) in [7, 11) is 0. The number of anilines is 1. The van der Waals surface area contributed by atoms with E-state index < -0.39 is 0 Å². The summed E-state index contributed by atoms with van der Waals surface area (Å²) in [6.45, 7) is 7.34. The Bertz CT molecular complexity index is 790. The Morgan fingerprint density at radius 2 is 1.69 bits per heavy atom. The zero-order valence-electron chi connectivity index (χ0n) is 15.6. The van der Waals surface area contributed by atoms with Crippen LogP contribution in [0.1, 0.15) is 30.5 Å². The van der Waals surface area contributed by atoms with Crippen LogP contribution in [0.4, 0.5) is 5.82 Å². The lowest BCUT2D eigenvalue weighted by molar-refractivity contribution is -0.138. The summed E-state index contributed by atoms with van der Waals surface area (Å²) < 4.78 is 0. The number of aryl methyl sites for hydroxylation is 2. The van der Waals surface area contributed by atoms with Gasteiger partial charge in [-0.05, 0) is 26.7 Å². The van der Waals surface area contributed by atoms with Crippen LogP contribution in [-0.2, 0) is 4.79 Å². The minimum Gasteiger partial charge on any atom is -0.353 e. The standard InChI is InChI=1S/C21H26N4O/c1-15-6-8-17(9-7-15)20-22-16(2)14-19(23-20)24-10-12-25(13-11-24)21(26)18-4-3-5-18/h6-9,14,18H,3-5,10-13H2,1-2H3. The second-order valence-corrected chi connectivity index (χ2v) is 7.50. The van der Waals surface area contributed by atoms with Crippen molar-refractivity contribution in [2.45, 2.75) is 33.1 Å². The molecule has 0 spiro atoms. The monoisotopic (exact) mass is 350 g/mol. The van der Waals surface area contributed by atoms with Gasteiger partial charge in [0.15, 0.2) is 5.82 Å². The van der Waals surface area contributed by atoms with Gasteiger partial charge in [0.2, 0.25) is 5.91 Å². The summed E-state index contributed by atoms with van der Waals surface area (Å²) >= 11 is 0. The van der Waals surface area contributed by atoms with E-state index in [0.29, 0.717) is 5.91 Å². The van der Waals surface area contributed by atoms with Crippen molar-refractivity contribution in [2.24, 2.45) is 5.92 Å². The molecule has 4 rings (SSSR count). The van der Waals surface area contributed by atoms with E-state index in [1.807, 2.05) is 17.9 Å². The first-order chi connectivity index (χ1) is 12.6. The topological polar surface area (TPSA) is 49.3 Å². The van der Waals surface area contributed by atoms with Gasteiger partial charge in [-0.15, -0.1) is 0 Å². The largest absolute Gasteiger partial charge is 0.353 e. The zero-order chi connectivity index (χ0) is 18.1. The van der Waals surface area contributed by atoms with Gasteiger partial charge in [-0.25, -0.2) is 9.97 Å². The molecule has 1 amide bonds. The van der Waals surface area contributed by atoms with Crippen LogP contribution in [-0.4, -0.2) is 47.0 Å². The van der Waals surface area contributed by atoms with E-state index in [2.05, 4.69) is 41.1 Å². The predicted octanol–water partition coefficient (Wildman–Crippen LogP) is 3.21. The first-order valence-corrected chi connectivity index (χ1v) is 9.56. The number of hydrogen-bond acceptors (Lipinski definition) is 4. The minimum absolute atomic E-state index is 0.288. The van der Waals surface area contributed by atoms with Crippen LogP contribution in [0.25, 0.3) is 11.4 Å².